The summed E-state index contributed by atoms with van der Waals surface area (Å²) in [6.07, 6.45) is 0. The second-order valence-corrected chi connectivity index (χ2v) is 10.7. The van der Waals surface area contributed by atoms with Crippen LogP contribution in [-0.4, -0.2) is 19.4 Å². The second kappa shape index (κ2) is 11.4. The van der Waals surface area contributed by atoms with Gasteiger partial charge in [0.1, 0.15) is 0 Å². The minimum Gasteiger partial charge on any atom is -0.332 e. The quantitative estimate of drug-likeness (QED) is 0.266. The third kappa shape index (κ3) is 6.61. The van der Waals surface area contributed by atoms with Crippen LogP contribution in [0.1, 0.15) is 28.2 Å². The molecular formula is C29H27N3O3S2. The summed E-state index contributed by atoms with van der Waals surface area (Å²) in [5.74, 6) is -0.808. The van der Waals surface area contributed by atoms with Crippen molar-refractivity contribution in [1.29, 1.82) is 0 Å². The molecule has 0 spiro atoms. The Balaban J connectivity index is 1.43. The first-order valence-electron chi connectivity index (χ1n) is 11.6. The topological polar surface area (TPSA) is 87.3 Å². The molecular weight excluding hydrogens is 502 g/mol. The van der Waals surface area contributed by atoms with Crippen LogP contribution >= 0.6 is 12.2 Å². The third-order valence-corrected chi connectivity index (χ3v) is 7.55. The van der Waals surface area contributed by atoms with Gasteiger partial charge in [0.15, 0.2) is 5.11 Å². The van der Waals surface area contributed by atoms with E-state index >= 15 is 0 Å². The van der Waals surface area contributed by atoms with Crippen molar-refractivity contribution in [2.24, 2.45) is 0 Å². The van der Waals surface area contributed by atoms with Crippen LogP contribution in [0.25, 0.3) is 0 Å². The van der Waals surface area contributed by atoms with Crippen LogP contribution in [0.4, 0.5) is 11.4 Å². The average Bonchev–Trinajstić information content (AvgIpc) is 2.88. The van der Waals surface area contributed by atoms with Crippen molar-refractivity contribution >= 4 is 44.6 Å². The molecule has 0 aromatic heterocycles. The number of benzene rings is 4. The summed E-state index contributed by atoms with van der Waals surface area (Å²) >= 11 is 5.37. The summed E-state index contributed by atoms with van der Waals surface area (Å²) in [5, 5.41) is 5.84. The molecule has 0 fully saturated rings. The Labute approximate surface area is 222 Å². The maximum absolute atomic E-state index is 13.2. The zero-order valence-corrected chi connectivity index (χ0v) is 22.1. The lowest BCUT2D eigenvalue weighted by molar-refractivity contribution is -0.120. The van der Waals surface area contributed by atoms with Crippen molar-refractivity contribution < 1.29 is 13.2 Å². The lowest BCUT2D eigenvalue weighted by atomic mass is 9.90. The maximum Gasteiger partial charge on any atom is 0.261 e. The Bertz CT molecular complexity index is 1470. The zero-order chi connectivity index (χ0) is 26.4. The summed E-state index contributed by atoms with van der Waals surface area (Å²) in [5.41, 5.74) is 4.82. The van der Waals surface area contributed by atoms with Gasteiger partial charge in [-0.2, -0.15) is 0 Å². The van der Waals surface area contributed by atoms with E-state index in [0.717, 1.165) is 22.3 Å². The van der Waals surface area contributed by atoms with Gasteiger partial charge < -0.3 is 10.6 Å². The van der Waals surface area contributed by atoms with E-state index in [9.17, 15) is 13.2 Å². The molecule has 4 rings (SSSR count). The van der Waals surface area contributed by atoms with E-state index < -0.39 is 15.9 Å². The first kappa shape index (κ1) is 26.1. The Morgan fingerprint density at radius 3 is 1.81 bits per heavy atom. The molecule has 0 atom stereocenters. The summed E-state index contributed by atoms with van der Waals surface area (Å²) in [7, 11) is -3.76. The molecule has 4 aromatic carbocycles. The van der Waals surface area contributed by atoms with E-state index in [-0.39, 0.29) is 15.9 Å². The number of anilines is 2. The number of sulfonamides is 1. The van der Waals surface area contributed by atoms with Gasteiger partial charge in [0.25, 0.3) is 10.0 Å². The molecule has 8 heteroatoms. The molecule has 0 saturated carbocycles. The SMILES string of the molecule is Cc1ccc(NS(=O)(=O)c2ccc(NC(=S)NC(=O)C(c3ccccc3)c3ccccc3)cc2)cc1C. The minimum absolute atomic E-state index is 0.111. The Morgan fingerprint density at radius 2 is 1.27 bits per heavy atom. The number of hydrogen-bond donors (Lipinski definition) is 3. The van der Waals surface area contributed by atoms with Gasteiger partial charge in [0, 0.05) is 11.4 Å². The Hall–Kier alpha value is -4.01. The van der Waals surface area contributed by atoms with Crippen molar-refractivity contribution in [1.82, 2.24) is 5.32 Å². The smallest absolute Gasteiger partial charge is 0.261 e. The normalized spacial score (nSPS) is 11.1. The van der Waals surface area contributed by atoms with Crippen LogP contribution in [-0.2, 0) is 14.8 Å². The van der Waals surface area contributed by atoms with Gasteiger partial charge in [-0.25, -0.2) is 8.42 Å². The number of aryl methyl sites for hydroxylation is 2. The van der Waals surface area contributed by atoms with E-state index in [1.807, 2.05) is 80.6 Å². The predicted octanol–water partition coefficient (Wildman–Crippen LogP) is 5.75. The highest BCUT2D eigenvalue weighted by molar-refractivity contribution is 7.92. The highest BCUT2D eigenvalue weighted by Gasteiger charge is 2.23. The molecule has 3 N–H and O–H groups in total. The number of amides is 1. The molecule has 0 aliphatic carbocycles. The van der Waals surface area contributed by atoms with E-state index in [0.29, 0.717) is 11.4 Å². The van der Waals surface area contributed by atoms with E-state index in [4.69, 9.17) is 12.2 Å². The molecule has 4 aromatic rings. The number of hydrogen-bond acceptors (Lipinski definition) is 4. The largest absolute Gasteiger partial charge is 0.332 e. The molecule has 0 bridgehead atoms. The summed E-state index contributed by atoms with van der Waals surface area (Å²) in [6.45, 7) is 3.90. The van der Waals surface area contributed by atoms with Crippen molar-refractivity contribution in [2.45, 2.75) is 24.7 Å². The Kier molecular flexibility index (Phi) is 8.01. The van der Waals surface area contributed by atoms with Crippen LogP contribution in [0.3, 0.4) is 0 Å². The molecule has 188 valence electrons. The summed E-state index contributed by atoms with van der Waals surface area (Å²) in [4.78, 5) is 13.3. The number of thiocarbonyl (C=S) groups is 1. The van der Waals surface area contributed by atoms with Crippen molar-refractivity contribution in [2.75, 3.05) is 10.0 Å². The standard InChI is InChI=1S/C29H27N3O3S2/c1-20-13-14-25(19-21(20)2)32-37(34,35)26-17-15-24(16-18-26)30-29(36)31-28(33)27(22-9-5-3-6-10-22)23-11-7-4-8-12-23/h3-19,27,32H,1-2H3,(H2,30,31,33,36). The minimum atomic E-state index is -3.76. The molecule has 0 radical (unpaired) electrons. The zero-order valence-electron chi connectivity index (χ0n) is 20.4. The molecule has 0 unspecified atom stereocenters. The van der Waals surface area contributed by atoms with Crippen LogP contribution < -0.4 is 15.4 Å². The highest BCUT2D eigenvalue weighted by atomic mass is 32.2. The van der Waals surface area contributed by atoms with Gasteiger partial charge in [-0.05, 0) is 84.7 Å². The first-order chi connectivity index (χ1) is 17.7. The van der Waals surface area contributed by atoms with E-state index in [1.165, 1.54) is 12.1 Å². The average molecular weight is 530 g/mol. The summed E-state index contributed by atoms with van der Waals surface area (Å²) in [6, 6.07) is 30.5. The van der Waals surface area contributed by atoms with Crippen LogP contribution in [0.5, 0.6) is 0 Å². The molecule has 0 saturated heterocycles. The van der Waals surface area contributed by atoms with Gasteiger partial charge in [-0.1, -0.05) is 66.7 Å². The van der Waals surface area contributed by atoms with Crippen LogP contribution in [0.2, 0.25) is 0 Å². The van der Waals surface area contributed by atoms with Gasteiger partial charge >= 0.3 is 0 Å². The lowest BCUT2D eigenvalue weighted by Gasteiger charge is -2.19. The summed E-state index contributed by atoms with van der Waals surface area (Å²) < 4.78 is 28.2. The first-order valence-corrected chi connectivity index (χ1v) is 13.5. The molecule has 37 heavy (non-hydrogen) atoms. The fourth-order valence-corrected chi connectivity index (χ4v) is 5.14. The monoisotopic (exact) mass is 529 g/mol. The lowest BCUT2D eigenvalue weighted by Crippen LogP contribution is -2.37. The number of carbonyl (C=O) groups excluding carboxylic acids is 1. The molecule has 1 amide bonds. The molecule has 6 nitrogen and oxygen atoms in total. The number of carbonyl (C=O) groups is 1. The van der Waals surface area contributed by atoms with E-state index in [1.54, 1.807) is 24.3 Å². The predicted molar refractivity (Wildman–Crippen MR) is 152 cm³/mol. The van der Waals surface area contributed by atoms with E-state index in [2.05, 4.69) is 15.4 Å². The molecule has 0 aliphatic heterocycles. The Morgan fingerprint density at radius 1 is 0.730 bits per heavy atom. The second-order valence-electron chi connectivity index (χ2n) is 8.63. The van der Waals surface area contributed by atoms with Crippen molar-refractivity contribution in [3.63, 3.8) is 0 Å². The number of nitrogens with one attached hydrogen (secondary N) is 3. The van der Waals surface area contributed by atoms with Gasteiger partial charge in [0.05, 0.1) is 10.8 Å². The number of rotatable bonds is 7. The van der Waals surface area contributed by atoms with Crippen molar-refractivity contribution in [3.05, 3.63) is 125 Å². The third-order valence-electron chi connectivity index (χ3n) is 5.95. The van der Waals surface area contributed by atoms with Crippen LogP contribution in [0.15, 0.2) is 108 Å². The van der Waals surface area contributed by atoms with Gasteiger partial charge in [-0.3, -0.25) is 9.52 Å². The van der Waals surface area contributed by atoms with Gasteiger partial charge in [0.2, 0.25) is 5.91 Å². The molecule has 0 heterocycles. The van der Waals surface area contributed by atoms with Crippen LogP contribution in [0, 0.1) is 13.8 Å². The highest BCUT2D eigenvalue weighted by Crippen LogP contribution is 2.25. The van der Waals surface area contributed by atoms with Crippen molar-refractivity contribution in [3.8, 4) is 0 Å². The molecule has 0 aliphatic rings. The fraction of sp³-hybridized carbons (Fsp3) is 0.103. The fourth-order valence-electron chi connectivity index (χ4n) is 3.87. The van der Waals surface area contributed by atoms with Gasteiger partial charge in [-0.15, -0.1) is 0 Å². The maximum atomic E-state index is 13.2.